The van der Waals surface area contributed by atoms with Gasteiger partial charge in [-0.2, -0.15) is 0 Å². The fourth-order valence-electron chi connectivity index (χ4n) is 6.72. The van der Waals surface area contributed by atoms with Crippen LogP contribution in [-0.2, 0) is 0 Å². The summed E-state index contributed by atoms with van der Waals surface area (Å²) < 4.78 is 17.5. The van der Waals surface area contributed by atoms with Gasteiger partial charge >= 0.3 is 23.9 Å². The van der Waals surface area contributed by atoms with Gasteiger partial charge in [0.15, 0.2) is 0 Å². The molecule has 8 rings (SSSR count). The summed E-state index contributed by atoms with van der Waals surface area (Å²) >= 11 is 0. The highest BCUT2D eigenvalue weighted by atomic mass is 16.5. The molecule has 0 aromatic heterocycles. The SMILES string of the molecule is O=C(O)c1ccc(Oc2cccc(N3C(=O)c4ccc(Oc5ccc6c(c5)C(=O)N(c5cccc(Oc7ccc(C(=O)O)c(C(=O)O)c7)c5)C6=O)cc4C3=O)c2)cc1C(=O)O. The molecule has 17 nitrogen and oxygen atoms in total. The molecule has 0 fully saturated rings. The monoisotopic (exact) mass is 820 g/mol. The molecular formula is C44H24N2O15. The van der Waals surface area contributed by atoms with Crippen molar-refractivity contribution in [2.75, 3.05) is 9.80 Å². The highest BCUT2D eigenvalue weighted by Gasteiger charge is 2.39. The number of imide groups is 2. The lowest BCUT2D eigenvalue weighted by molar-refractivity contribution is 0.0651. The number of anilines is 2. The van der Waals surface area contributed by atoms with E-state index in [0.717, 1.165) is 34.1 Å². The van der Waals surface area contributed by atoms with Crippen LogP contribution in [-0.4, -0.2) is 67.9 Å². The van der Waals surface area contributed by atoms with Gasteiger partial charge < -0.3 is 34.6 Å². The first-order valence-electron chi connectivity index (χ1n) is 17.7. The van der Waals surface area contributed by atoms with Gasteiger partial charge in [0.05, 0.1) is 55.9 Å². The second-order valence-corrected chi connectivity index (χ2v) is 13.2. The Balaban J connectivity index is 0.981. The normalized spacial score (nSPS) is 12.9. The van der Waals surface area contributed by atoms with Gasteiger partial charge in [-0.3, -0.25) is 19.2 Å². The minimum Gasteiger partial charge on any atom is -0.478 e. The zero-order chi connectivity index (χ0) is 43.3. The van der Waals surface area contributed by atoms with Gasteiger partial charge in [-0.15, -0.1) is 0 Å². The Morgan fingerprint density at radius 3 is 1.02 bits per heavy atom. The van der Waals surface area contributed by atoms with Crippen LogP contribution in [0.5, 0.6) is 34.5 Å². The molecule has 2 heterocycles. The number of carbonyl (C=O) groups is 8. The Hall–Kier alpha value is -9.12. The largest absolute Gasteiger partial charge is 0.478 e. The quantitative estimate of drug-likeness (QED) is 0.0874. The van der Waals surface area contributed by atoms with Gasteiger partial charge in [-0.25, -0.2) is 29.0 Å². The number of benzene rings is 6. The molecule has 6 aromatic carbocycles. The summed E-state index contributed by atoms with van der Waals surface area (Å²) in [7, 11) is 0. The molecule has 0 bridgehead atoms. The van der Waals surface area contributed by atoms with Gasteiger partial charge in [-0.05, 0) is 97.1 Å². The summed E-state index contributed by atoms with van der Waals surface area (Å²) in [5.41, 5.74) is -1.50. The van der Waals surface area contributed by atoms with Crippen molar-refractivity contribution in [1.82, 2.24) is 0 Å². The van der Waals surface area contributed by atoms with Crippen molar-refractivity contribution < 1.29 is 73.0 Å². The second kappa shape index (κ2) is 15.0. The van der Waals surface area contributed by atoms with Crippen molar-refractivity contribution in [3.8, 4) is 34.5 Å². The van der Waals surface area contributed by atoms with E-state index < -0.39 is 69.8 Å². The van der Waals surface area contributed by atoms with E-state index in [4.69, 9.17) is 14.2 Å². The zero-order valence-electron chi connectivity index (χ0n) is 30.7. The third kappa shape index (κ3) is 7.10. The molecule has 4 N–H and O–H groups in total. The minimum atomic E-state index is -1.48. The zero-order valence-corrected chi connectivity index (χ0v) is 30.7. The van der Waals surface area contributed by atoms with Gasteiger partial charge in [-0.1, -0.05) is 12.1 Å². The van der Waals surface area contributed by atoms with Crippen LogP contribution in [0.2, 0.25) is 0 Å². The van der Waals surface area contributed by atoms with Crippen LogP contribution in [0.15, 0.2) is 121 Å². The molecule has 300 valence electrons. The molecule has 0 spiro atoms. The molecule has 2 aliphatic rings. The molecule has 0 aliphatic carbocycles. The van der Waals surface area contributed by atoms with E-state index in [1.807, 2.05) is 0 Å². The van der Waals surface area contributed by atoms with Crippen LogP contribution in [0.1, 0.15) is 82.9 Å². The van der Waals surface area contributed by atoms with Crippen molar-refractivity contribution in [2.45, 2.75) is 0 Å². The highest BCUT2D eigenvalue weighted by Crippen LogP contribution is 2.37. The van der Waals surface area contributed by atoms with E-state index in [1.54, 1.807) is 0 Å². The molecule has 0 atom stereocenters. The Kier molecular flexibility index (Phi) is 9.52. The Morgan fingerprint density at radius 2 is 0.656 bits per heavy atom. The van der Waals surface area contributed by atoms with Crippen molar-refractivity contribution in [1.29, 1.82) is 0 Å². The molecule has 0 saturated heterocycles. The third-order valence-electron chi connectivity index (χ3n) is 9.48. The van der Waals surface area contributed by atoms with E-state index in [-0.39, 0.29) is 68.1 Å². The first kappa shape index (κ1) is 38.7. The van der Waals surface area contributed by atoms with Crippen LogP contribution < -0.4 is 24.0 Å². The predicted octanol–water partition coefficient (Wildman–Crippen LogP) is 7.46. The molecule has 6 aromatic rings. The summed E-state index contributed by atoms with van der Waals surface area (Å²) in [5.74, 6) is -8.05. The maximum absolute atomic E-state index is 13.7. The van der Waals surface area contributed by atoms with E-state index in [9.17, 15) is 58.8 Å². The van der Waals surface area contributed by atoms with E-state index >= 15 is 0 Å². The number of hydrogen-bond donors (Lipinski definition) is 4. The predicted molar refractivity (Wildman–Crippen MR) is 209 cm³/mol. The average molecular weight is 821 g/mol. The van der Waals surface area contributed by atoms with Crippen molar-refractivity contribution in [3.05, 3.63) is 166 Å². The van der Waals surface area contributed by atoms with Gasteiger partial charge in [0.25, 0.3) is 23.6 Å². The molecular weight excluding hydrogens is 796 g/mol. The number of nitrogens with zero attached hydrogens (tertiary/aromatic N) is 2. The maximum atomic E-state index is 13.7. The molecule has 0 saturated carbocycles. The van der Waals surface area contributed by atoms with Crippen LogP contribution in [0.4, 0.5) is 11.4 Å². The fourth-order valence-corrected chi connectivity index (χ4v) is 6.72. The number of carboxylic acids is 4. The summed E-state index contributed by atoms with van der Waals surface area (Å²) in [6, 6.07) is 26.8. The van der Waals surface area contributed by atoms with Gasteiger partial charge in [0, 0.05) is 12.1 Å². The number of fused-ring (bicyclic) bond motifs is 2. The van der Waals surface area contributed by atoms with E-state index in [1.165, 1.54) is 97.1 Å². The van der Waals surface area contributed by atoms with Gasteiger partial charge in [0.1, 0.15) is 34.5 Å². The number of carbonyl (C=O) groups excluding carboxylic acids is 4. The van der Waals surface area contributed by atoms with Gasteiger partial charge in [0.2, 0.25) is 0 Å². The molecule has 17 heteroatoms. The van der Waals surface area contributed by atoms with Crippen LogP contribution in [0, 0.1) is 0 Å². The molecule has 4 amide bonds. The van der Waals surface area contributed by atoms with Crippen LogP contribution in [0.25, 0.3) is 0 Å². The summed E-state index contributed by atoms with van der Waals surface area (Å²) in [6.07, 6.45) is 0. The van der Waals surface area contributed by atoms with Crippen molar-refractivity contribution >= 4 is 58.9 Å². The Bertz CT molecular complexity index is 2780. The first-order valence-corrected chi connectivity index (χ1v) is 17.7. The lowest BCUT2D eigenvalue weighted by Gasteiger charge is -2.15. The highest BCUT2D eigenvalue weighted by molar-refractivity contribution is 6.35. The molecule has 0 unspecified atom stereocenters. The number of aromatic carboxylic acids is 4. The average Bonchev–Trinajstić information content (AvgIpc) is 3.63. The minimum absolute atomic E-state index is 0.00174. The third-order valence-corrected chi connectivity index (χ3v) is 9.48. The smallest absolute Gasteiger partial charge is 0.336 e. The lowest BCUT2D eigenvalue weighted by Crippen LogP contribution is -2.29. The first-order chi connectivity index (χ1) is 29.2. The van der Waals surface area contributed by atoms with Crippen LogP contribution in [0.3, 0.4) is 0 Å². The lowest BCUT2D eigenvalue weighted by atomic mass is 10.1. The number of carboxylic acid groups (broad SMARTS) is 4. The molecule has 61 heavy (non-hydrogen) atoms. The van der Waals surface area contributed by atoms with Crippen LogP contribution >= 0.6 is 0 Å². The number of ether oxygens (including phenoxy) is 3. The van der Waals surface area contributed by atoms with Crippen molar-refractivity contribution in [2.24, 2.45) is 0 Å². The van der Waals surface area contributed by atoms with E-state index in [2.05, 4.69) is 0 Å². The second-order valence-electron chi connectivity index (χ2n) is 13.2. The Morgan fingerprint density at radius 1 is 0.344 bits per heavy atom. The van der Waals surface area contributed by atoms with Crippen molar-refractivity contribution in [3.63, 3.8) is 0 Å². The summed E-state index contributed by atoms with van der Waals surface area (Å²) in [4.78, 5) is 102. The topological polar surface area (TPSA) is 252 Å². The summed E-state index contributed by atoms with van der Waals surface area (Å²) in [5, 5.41) is 37.5. The molecule has 0 radical (unpaired) electrons. The standard InChI is InChI=1S/C44H24N2O15/c47-37-29-11-7-25(17-33(29)39(49)45(37)21-3-1-5-23(15-21)59-27-9-13-31(41(51)52)35(19-27)43(55)56)61-26-8-12-30-34(18-26)40(50)46(38(30)48)22-4-2-6-24(16-22)60-28-10-14-32(42(53)54)36(20-28)44(57)58/h1-20H,(H,51,52)(H,53,54)(H,55,56)(H,57,58). The number of hydrogen-bond acceptors (Lipinski definition) is 11. The molecule has 2 aliphatic heterocycles. The summed E-state index contributed by atoms with van der Waals surface area (Å²) in [6.45, 7) is 0. The Labute approximate surface area is 341 Å². The number of amides is 4. The number of rotatable bonds is 12. The fraction of sp³-hybridized carbons (Fsp3) is 0. The maximum Gasteiger partial charge on any atom is 0.336 e. The van der Waals surface area contributed by atoms with E-state index in [0.29, 0.717) is 0 Å².